The topological polar surface area (TPSA) is 40.5 Å². The number of rotatable bonds is 7. The molecule has 0 heterocycles. The molecule has 164 valence electrons. The van der Waals surface area contributed by atoms with Crippen molar-refractivity contribution in [1.82, 2.24) is 0 Å². The molecule has 0 bridgehead atoms. The van der Waals surface area contributed by atoms with Gasteiger partial charge in [-0.3, -0.25) is 0 Å². The highest BCUT2D eigenvalue weighted by Gasteiger charge is 2.25. The highest BCUT2D eigenvalue weighted by atomic mass is 16.4. The molecule has 0 radical (unpaired) electrons. The predicted octanol–water partition coefficient (Wildman–Crippen LogP) is 5.96. The minimum absolute atomic E-state index is 0.265. The minimum atomic E-state index is -1.64. The average molecular weight is 440 g/mol. The molecular weight excluding hydrogens is 415 g/mol. The van der Waals surface area contributed by atoms with Gasteiger partial charge in [0.05, 0.1) is 0 Å². The van der Waals surface area contributed by atoms with Gasteiger partial charge in [-0.05, 0) is 60.7 Å². The summed E-state index contributed by atoms with van der Waals surface area (Å²) in [5.74, 6) is 2.66. The van der Waals surface area contributed by atoms with E-state index in [1.807, 2.05) is 48.6 Å². The van der Waals surface area contributed by atoms with E-state index in [2.05, 4.69) is 56.0 Å². The lowest BCUT2D eigenvalue weighted by molar-refractivity contribution is 0.426. The lowest BCUT2D eigenvalue weighted by Crippen LogP contribution is -2.34. The zero-order valence-electron chi connectivity index (χ0n) is 19.0. The molecule has 4 rings (SSSR count). The summed E-state index contributed by atoms with van der Waals surface area (Å²) in [6.45, 7) is 11.9. The van der Waals surface area contributed by atoms with E-state index < -0.39 is 7.12 Å². The monoisotopic (exact) mass is 440 g/mol. The summed E-state index contributed by atoms with van der Waals surface area (Å²) in [6, 6.07) is 22.1. The molecule has 0 amide bonds. The molecule has 4 aromatic carbocycles. The van der Waals surface area contributed by atoms with E-state index in [0.717, 1.165) is 49.7 Å². The van der Waals surface area contributed by atoms with E-state index in [4.69, 9.17) is 6.42 Å². The van der Waals surface area contributed by atoms with Crippen LogP contribution in [-0.2, 0) is 6.42 Å². The van der Waals surface area contributed by atoms with Crippen LogP contribution in [0.4, 0.5) is 0 Å². The fraction of sp³-hybridized carbons (Fsp3) is 0.0323. The van der Waals surface area contributed by atoms with Crippen LogP contribution in [0.25, 0.3) is 51.3 Å². The van der Waals surface area contributed by atoms with Gasteiger partial charge in [0.2, 0.25) is 0 Å². The van der Waals surface area contributed by atoms with Gasteiger partial charge in [-0.15, -0.1) is 12.3 Å². The number of hydrogen-bond donors (Lipinski definition) is 2. The average Bonchev–Trinajstić information content (AvgIpc) is 2.87. The highest BCUT2D eigenvalue weighted by molar-refractivity contribution is 6.63. The standard InChI is InChI=1S/C31H25BO2/c1-5-12-28-25(8-4)30(27-14-9-10-15-29(27)31(28)32(33)34)23-19-17-22(18-20-23)26-16-11-13-21(6-2)24(26)7-3/h1,6-11,13-20,33-34H,2-4,12H2. The molecule has 0 saturated heterocycles. The lowest BCUT2D eigenvalue weighted by atomic mass is 9.70. The smallest absolute Gasteiger partial charge is 0.423 e. The van der Waals surface area contributed by atoms with Crippen LogP contribution in [0.3, 0.4) is 0 Å². The van der Waals surface area contributed by atoms with Crippen LogP contribution >= 0.6 is 0 Å². The fourth-order valence-electron chi connectivity index (χ4n) is 4.72. The third-order valence-corrected chi connectivity index (χ3v) is 6.20. The van der Waals surface area contributed by atoms with Crippen molar-refractivity contribution in [3.8, 4) is 34.6 Å². The van der Waals surface area contributed by atoms with Gasteiger partial charge in [-0.25, -0.2) is 0 Å². The largest absolute Gasteiger partial charge is 0.489 e. The van der Waals surface area contributed by atoms with Gasteiger partial charge in [0.15, 0.2) is 0 Å². The number of fused-ring (bicyclic) bond motifs is 1. The highest BCUT2D eigenvalue weighted by Crippen LogP contribution is 2.37. The lowest BCUT2D eigenvalue weighted by Gasteiger charge is -2.20. The van der Waals surface area contributed by atoms with Crippen LogP contribution in [0.2, 0.25) is 0 Å². The Morgan fingerprint density at radius 1 is 0.765 bits per heavy atom. The summed E-state index contributed by atoms with van der Waals surface area (Å²) in [4.78, 5) is 0. The van der Waals surface area contributed by atoms with E-state index >= 15 is 0 Å². The predicted molar refractivity (Wildman–Crippen MR) is 147 cm³/mol. The molecule has 4 aromatic rings. The summed E-state index contributed by atoms with van der Waals surface area (Å²) in [6.07, 6.45) is 11.4. The molecule has 34 heavy (non-hydrogen) atoms. The van der Waals surface area contributed by atoms with Crippen molar-refractivity contribution in [3.05, 3.63) is 109 Å². The minimum Gasteiger partial charge on any atom is -0.423 e. The Balaban J connectivity index is 1.98. The molecule has 0 spiro atoms. The number of terminal acetylenes is 1. The Labute approximate surface area is 201 Å². The van der Waals surface area contributed by atoms with E-state index in [-0.39, 0.29) is 6.42 Å². The Kier molecular flexibility index (Phi) is 6.66. The summed E-state index contributed by atoms with van der Waals surface area (Å²) >= 11 is 0. The second-order valence-corrected chi connectivity index (χ2v) is 7.98. The van der Waals surface area contributed by atoms with Crippen molar-refractivity contribution in [1.29, 1.82) is 0 Å². The maximum atomic E-state index is 10.2. The molecule has 0 aliphatic heterocycles. The zero-order valence-corrected chi connectivity index (χ0v) is 19.0. The molecule has 0 aliphatic rings. The van der Waals surface area contributed by atoms with E-state index in [1.165, 1.54) is 0 Å². The molecule has 0 atom stereocenters. The molecule has 0 fully saturated rings. The second kappa shape index (κ2) is 9.81. The molecule has 0 saturated carbocycles. The van der Waals surface area contributed by atoms with Crippen LogP contribution in [0.1, 0.15) is 22.3 Å². The summed E-state index contributed by atoms with van der Waals surface area (Å²) in [5, 5.41) is 22.1. The number of hydrogen-bond acceptors (Lipinski definition) is 2. The molecule has 0 aromatic heterocycles. The van der Waals surface area contributed by atoms with E-state index in [1.54, 1.807) is 6.08 Å². The summed E-state index contributed by atoms with van der Waals surface area (Å²) < 4.78 is 0. The summed E-state index contributed by atoms with van der Waals surface area (Å²) in [7, 11) is -1.64. The maximum Gasteiger partial charge on any atom is 0.489 e. The molecule has 2 nitrogen and oxygen atoms in total. The van der Waals surface area contributed by atoms with Crippen molar-refractivity contribution >= 4 is 41.6 Å². The molecule has 2 N–H and O–H groups in total. The summed E-state index contributed by atoms with van der Waals surface area (Å²) in [5.41, 5.74) is 8.14. The Hall–Kier alpha value is -4.10. The Morgan fingerprint density at radius 2 is 1.41 bits per heavy atom. The SMILES string of the molecule is C#CCc1c(C=C)c(-c2ccc(-c3cccc(C=C)c3C=C)cc2)c2ccccc2c1B(O)O. The zero-order chi connectivity index (χ0) is 24.2. The van der Waals surface area contributed by atoms with Gasteiger partial charge in [0, 0.05) is 6.42 Å². The first-order valence-electron chi connectivity index (χ1n) is 11.0. The van der Waals surface area contributed by atoms with Crippen molar-refractivity contribution in [2.45, 2.75) is 6.42 Å². The van der Waals surface area contributed by atoms with Crippen LogP contribution in [-0.4, -0.2) is 17.2 Å². The van der Waals surface area contributed by atoms with Gasteiger partial charge in [0.1, 0.15) is 0 Å². The van der Waals surface area contributed by atoms with Crippen molar-refractivity contribution in [3.63, 3.8) is 0 Å². The molecular formula is C31H25BO2. The van der Waals surface area contributed by atoms with Gasteiger partial charge in [0.25, 0.3) is 0 Å². The fourth-order valence-corrected chi connectivity index (χ4v) is 4.72. The Bertz CT molecular complexity index is 1450. The van der Waals surface area contributed by atoms with Gasteiger partial charge in [-0.1, -0.05) is 105 Å². The quantitative estimate of drug-likeness (QED) is 0.275. The van der Waals surface area contributed by atoms with Crippen molar-refractivity contribution in [2.75, 3.05) is 0 Å². The van der Waals surface area contributed by atoms with Crippen molar-refractivity contribution in [2.24, 2.45) is 0 Å². The number of benzene rings is 4. The first-order valence-corrected chi connectivity index (χ1v) is 11.0. The molecule has 0 unspecified atom stereocenters. The van der Waals surface area contributed by atoms with E-state index in [0.29, 0.717) is 11.0 Å². The van der Waals surface area contributed by atoms with Crippen LogP contribution < -0.4 is 5.46 Å². The normalized spacial score (nSPS) is 10.5. The van der Waals surface area contributed by atoms with E-state index in [9.17, 15) is 10.0 Å². The van der Waals surface area contributed by atoms with Gasteiger partial charge >= 0.3 is 7.12 Å². The Morgan fingerprint density at radius 3 is 2.00 bits per heavy atom. The molecule has 3 heteroatoms. The maximum absolute atomic E-state index is 10.2. The van der Waals surface area contributed by atoms with Gasteiger partial charge < -0.3 is 10.0 Å². The second-order valence-electron chi connectivity index (χ2n) is 7.98. The van der Waals surface area contributed by atoms with Crippen LogP contribution in [0.15, 0.2) is 86.5 Å². The first-order chi connectivity index (χ1) is 16.5. The third-order valence-electron chi connectivity index (χ3n) is 6.20. The van der Waals surface area contributed by atoms with Crippen molar-refractivity contribution < 1.29 is 10.0 Å². The van der Waals surface area contributed by atoms with Crippen LogP contribution in [0, 0.1) is 12.3 Å². The first kappa shape index (κ1) is 23.1. The molecule has 0 aliphatic carbocycles. The van der Waals surface area contributed by atoms with Gasteiger partial charge in [-0.2, -0.15) is 0 Å². The third kappa shape index (κ3) is 3.91. The van der Waals surface area contributed by atoms with Crippen LogP contribution in [0.5, 0.6) is 0 Å².